The van der Waals surface area contributed by atoms with E-state index < -0.39 is 0 Å². The molecule has 1 rings (SSSR count). The Morgan fingerprint density at radius 2 is 2.16 bits per heavy atom. The Hall–Kier alpha value is -1.92. The van der Waals surface area contributed by atoms with E-state index >= 15 is 0 Å². The summed E-state index contributed by atoms with van der Waals surface area (Å²) in [4.78, 5) is 4.67. The van der Waals surface area contributed by atoms with Gasteiger partial charge in [0.2, 0.25) is 5.90 Å². The van der Waals surface area contributed by atoms with E-state index in [4.69, 9.17) is 15.9 Å². The third-order valence-corrected chi connectivity index (χ3v) is 3.78. The van der Waals surface area contributed by atoms with Gasteiger partial charge in [-0.05, 0) is 56.9 Å². The smallest absolute Gasteiger partial charge is 0.205 e. The number of aryl methyl sites for hydroxylation is 2. The number of nitrogens with two attached hydrogens (primary N) is 1. The maximum Gasteiger partial charge on any atom is 0.205 e. The molecule has 0 aliphatic rings. The molecule has 0 radical (unpaired) electrons. The van der Waals surface area contributed by atoms with Crippen LogP contribution in [0.3, 0.4) is 0 Å². The predicted molar refractivity (Wildman–Crippen MR) is 105 cm³/mol. The third kappa shape index (κ3) is 9.22. The Labute approximate surface area is 151 Å². The zero-order chi connectivity index (χ0) is 18.5. The SMILES string of the molecule is CCc1ccc(CCCCNCCOC(=N)/C=C\C(C)N)nc1NC. The van der Waals surface area contributed by atoms with Crippen molar-refractivity contribution in [3.05, 3.63) is 35.5 Å². The number of ether oxygens (including phenoxy) is 1. The van der Waals surface area contributed by atoms with E-state index in [0.717, 1.165) is 50.3 Å². The molecule has 6 heteroatoms. The summed E-state index contributed by atoms with van der Waals surface area (Å²) >= 11 is 0. The molecule has 0 aromatic carbocycles. The minimum atomic E-state index is -0.0565. The van der Waals surface area contributed by atoms with Gasteiger partial charge in [-0.2, -0.15) is 0 Å². The lowest BCUT2D eigenvalue weighted by atomic mass is 10.1. The highest BCUT2D eigenvalue weighted by Gasteiger charge is 2.02. The van der Waals surface area contributed by atoms with E-state index in [9.17, 15) is 0 Å². The largest absolute Gasteiger partial charge is 0.477 e. The number of hydrogen-bond acceptors (Lipinski definition) is 6. The number of unbranched alkanes of at least 4 members (excludes halogenated alkanes) is 1. The Morgan fingerprint density at radius 3 is 2.84 bits per heavy atom. The van der Waals surface area contributed by atoms with Crippen molar-refractivity contribution in [2.75, 3.05) is 32.1 Å². The lowest BCUT2D eigenvalue weighted by Gasteiger charge is -2.09. The first-order chi connectivity index (χ1) is 12.1. The van der Waals surface area contributed by atoms with Crippen molar-refractivity contribution in [1.29, 1.82) is 5.41 Å². The van der Waals surface area contributed by atoms with Gasteiger partial charge in [-0.15, -0.1) is 0 Å². The van der Waals surface area contributed by atoms with E-state index in [1.165, 1.54) is 5.56 Å². The standard InChI is InChI=1S/C19H33N5O/c1-4-16-9-10-17(24-19(16)22-3)7-5-6-12-23-13-14-25-18(21)11-8-15(2)20/h8-11,15,21,23H,4-7,12-14,20H2,1-3H3,(H,22,24)/b11-8-,21-18?. The highest BCUT2D eigenvalue weighted by molar-refractivity contribution is 5.84. The molecule has 1 unspecified atom stereocenters. The molecule has 1 aromatic rings. The zero-order valence-electron chi connectivity index (χ0n) is 15.8. The average molecular weight is 348 g/mol. The summed E-state index contributed by atoms with van der Waals surface area (Å²) in [5, 5.41) is 14.1. The lowest BCUT2D eigenvalue weighted by Crippen LogP contribution is -2.22. The molecule has 0 saturated heterocycles. The molecular weight excluding hydrogens is 314 g/mol. The molecule has 0 bridgehead atoms. The van der Waals surface area contributed by atoms with Crippen molar-refractivity contribution >= 4 is 11.7 Å². The molecule has 1 atom stereocenters. The Morgan fingerprint density at radius 1 is 1.36 bits per heavy atom. The molecule has 0 spiro atoms. The average Bonchev–Trinajstić information content (AvgIpc) is 2.61. The maximum absolute atomic E-state index is 7.58. The van der Waals surface area contributed by atoms with Gasteiger partial charge in [0.25, 0.3) is 0 Å². The van der Waals surface area contributed by atoms with Crippen LogP contribution >= 0.6 is 0 Å². The molecule has 1 heterocycles. The number of rotatable bonds is 12. The van der Waals surface area contributed by atoms with Crippen LogP contribution in [0, 0.1) is 5.41 Å². The zero-order valence-corrected chi connectivity index (χ0v) is 15.8. The topological polar surface area (TPSA) is 96.0 Å². The number of pyridine rings is 1. The summed E-state index contributed by atoms with van der Waals surface area (Å²) in [5.74, 6) is 1.15. The van der Waals surface area contributed by atoms with Gasteiger partial charge in [0.1, 0.15) is 12.4 Å². The summed E-state index contributed by atoms with van der Waals surface area (Å²) in [6, 6.07) is 4.24. The van der Waals surface area contributed by atoms with Gasteiger partial charge in [-0.1, -0.05) is 19.1 Å². The van der Waals surface area contributed by atoms with Crippen molar-refractivity contribution in [2.24, 2.45) is 5.73 Å². The molecular formula is C19H33N5O. The fraction of sp³-hybridized carbons (Fsp3) is 0.579. The predicted octanol–water partition coefficient (Wildman–Crippen LogP) is 2.50. The van der Waals surface area contributed by atoms with Gasteiger partial charge in [0, 0.05) is 25.3 Å². The summed E-state index contributed by atoms with van der Waals surface area (Å²) < 4.78 is 5.28. The van der Waals surface area contributed by atoms with Gasteiger partial charge in [0.15, 0.2) is 0 Å². The molecule has 140 valence electrons. The Bertz CT molecular complexity index is 543. The summed E-state index contributed by atoms with van der Waals surface area (Å²) in [5.41, 5.74) is 7.97. The lowest BCUT2D eigenvalue weighted by molar-refractivity contribution is 0.301. The summed E-state index contributed by atoms with van der Waals surface area (Å²) in [6.07, 6.45) is 7.52. The molecule has 0 amide bonds. The van der Waals surface area contributed by atoms with E-state index in [0.29, 0.717) is 6.61 Å². The van der Waals surface area contributed by atoms with Crippen LogP contribution < -0.4 is 16.4 Å². The van der Waals surface area contributed by atoms with Crippen LogP contribution in [0.15, 0.2) is 24.3 Å². The van der Waals surface area contributed by atoms with Crippen molar-refractivity contribution in [2.45, 2.75) is 45.6 Å². The first-order valence-electron chi connectivity index (χ1n) is 9.09. The second-order valence-electron chi connectivity index (χ2n) is 6.05. The van der Waals surface area contributed by atoms with Crippen LogP contribution in [0.4, 0.5) is 5.82 Å². The van der Waals surface area contributed by atoms with Gasteiger partial charge in [-0.25, -0.2) is 4.98 Å². The first kappa shape index (κ1) is 21.1. The van der Waals surface area contributed by atoms with Crippen LogP contribution in [-0.4, -0.2) is 43.7 Å². The Balaban J connectivity index is 2.10. The minimum absolute atomic E-state index is 0.0565. The molecule has 5 N–H and O–H groups in total. The minimum Gasteiger partial charge on any atom is -0.477 e. The molecule has 6 nitrogen and oxygen atoms in total. The highest BCUT2D eigenvalue weighted by atomic mass is 16.5. The number of nitrogens with zero attached hydrogens (tertiary/aromatic N) is 1. The second-order valence-corrected chi connectivity index (χ2v) is 6.05. The van der Waals surface area contributed by atoms with Crippen LogP contribution in [0.2, 0.25) is 0 Å². The van der Waals surface area contributed by atoms with Crippen LogP contribution in [0.1, 0.15) is 37.9 Å². The number of nitrogens with one attached hydrogen (secondary N) is 3. The summed E-state index contributed by atoms with van der Waals surface area (Å²) in [6.45, 7) is 6.18. The monoisotopic (exact) mass is 347 g/mol. The molecule has 1 aromatic heterocycles. The molecule has 0 fully saturated rings. The van der Waals surface area contributed by atoms with Crippen LogP contribution in [0.25, 0.3) is 0 Å². The van der Waals surface area contributed by atoms with E-state index in [2.05, 4.69) is 34.7 Å². The Kier molecular flexibility index (Phi) is 10.5. The van der Waals surface area contributed by atoms with Crippen molar-refractivity contribution in [1.82, 2.24) is 10.3 Å². The molecule has 0 saturated carbocycles. The summed E-state index contributed by atoms with van der Waals surface area (Å²) in [7, 11) is 1.92. The van der Waals surface area contributed by atoms with Crippen LogP contribution in [-0.2, 0) is 17.6 Å². The van der Waals surface area contributed by atoms with E-state index in [1.54, 1.807) is 12.2 Å². The first-order valence-corrected chi connectivity index (χ1v) is 9.09. The van der Waals surface area contributed by atoms with Crippen molar-refractivity contribution in [3.63, 3.8) is 0 Å². The quantitative estimate of drug-likeness (QED) is 0.265. The van der Waals surface area contributed by atoms with Crippen molar-refractivity contribution in [3.8, 4) is 0 Å². The normalized spacial score (nSPS) is 12.3. The van der Waals surface area contributed by atoms with Crippen molar-refractivity contribution < 1.29 is 4.74 Å². The van der Waals surface area contributed by atoms with Gasteiger partial charge >= 0.3 is 0 Å². The van der Waals surface area contributed by atoms with Gasteiger partial charge in [0.05, 0.1) is 0 Å². The van der Waals surface area contributed by atoms with E-state index in [1.807, 2.05) is 14.0 Å². The number of anilines is 1. The fourth-order valence-electron chi connectivity index (χ4n) is 2.37. The van der Waals surface area contributed by atoms with Gasteiger partial charge in [-0.3, -0.25) is 5.41 Å². The molecule has 25 heavy (non-hydrogen) atoms. The maximum atomic E-state index is 7.58. The highest BCUT2D eigenvalue weighted by Crippen LogP contribution is 2.14. The van der Waals surface area contributed by atoms with E-state index in [-0.39, 0.29) is 11.9 Å². The fourth-order valence-corrected chi connectivity index (χ4v) is 2.37. The van der Waals surface area contributed by atoms with Gasteiger partial charge < -0.3 is 21.1 Å². The third-order valence-electron chi connectivity index (χ3n) is 3.78. The van der Waals surface area contributed by atoms with Crippen LogP contribution in [0.5, 0.6) is 0 Å². The number of aromatic nitrogens is 1. The molecule has 0 aliphatic carbocycles. The second kappa shape index (κ2) is 12.4. The molecule has 0 aliphatic heterocycles. The number of hydrogen-bond donors (Lipinski definition) is 4.